The van der Waals surface area contributed by atoms with Crippen molar-refractivity contribution in [3.8, 4) is 0 Å². The maximum Gasteiger partial charge on any atom is 0.488 e. The van der Waals surface area contributed by atoms with Crippen LogP contribution in [-0.2, 0) is 28.9 Å². The Morgan fingerprint density at radius 2 is 1.93 bits per heavy atom. The minimum Gasteiger partial charge on any atom is -0.369 e. The number of hydrogen-bond acceptors (Lipinski definition) is 10. The fraction of sp³-hybridized carbons (Fsp3) is 0.500. The van der Waals surface area contributed by atoms with Gasteiger partial charge < -0.3 is 29.9 Å². The second kappa shape index (κ2) is 8.98. The summed E-state index contributed by atoms with van der Waals surface area (Å²) in [4.78, 5) is 57.7. The molecule has 2 unspecified atom stereocenters. The van der Waals surface area contributed by atoms with E-state index in [4.69, 9.17) is 20.4 Å². The molecule has 0 saturated heterocycles. The first-order valence-corrected chi connectivity index (χ1v) is 13.5. The summed E-state index contributed by atoms with van der Waals surface area (Å²) in [5, 5.41) is 0. The minimum absolute atomic E-state index is 0.0735. The highest BCUT2D eigenvalue weighted by atomic mass is 32.2. The molecule has 0 bridgehead atoms. The molecule has 0 fully saturated rings. The van der Waals surface area contributed by atoms with Gasteiger partial charge in [0, 0.05) is 6.54 Å². The Balaban J connectivity index is 1.92. The summed E-state index contributed by atoms with van der Waals surface area (Å²) in [7, 11) is -15.5. The zero-order chi connectivity index (χ0) is 22.0. The number of aromatic nitrogens is 4. The Labute approximate surface area is 167 Å². The lowest BCUT2D eigenvalue weighted by atomic mass is 10.2. The van der Waals surface area contributed by atoms with Gasteiger partial charge in [0.2, 0.25) is 5.95 Å². The van der Waals surface area contributed by atoms with Crippen molar-refractivity contribution in [3.05, 3.63) is 16.7 Å². The zero-order valence-corrected chi connectivity index (χ0v) is 18.2. The summed E-state index contributed by atoms with van der Waals surface area (Å²) in [5.41, 5.74) is 4.77. The Hall–Kier alpha value is -1.05. The van der Waals surface area contributed by atoms with Crippen LogP contribution in [0.25, 0.3) is 11.2 Å². The second-order valence-electron chi connectivity index (χ2n) is 5.89. The van der Waals surface area contributed by atoms with E-state index in [1.54, 1.807) is 11.5 Å². The molecule has 19 heteroatoms. The average Bonchev–Trinajstić information content (AvgIpc) is 2.86. The highest BCUT2D eigenvalue weighted by Gasteiger charge is 2.39. The van der Waals surface area contributed by atoms with Gasteiger partial charge in [-0.1, -0.05) is 6.92 Å². The van der Waals surface area contributed by atoms with Crippen molar-refractivity contribution < 1.29 is 41.9 Å². The van der Waals surface area contributed by atoms with Crippen LogP contribution in [0.5, 0.6) is 0 Å². The quantitative estimate of drug-likeness (QED) is 0.246. The van der Waals surface area contributed by atoms with Crippen molar-refractivity contribution in [1.29, 1.82) is 0 Å². The first-order chi connectivity index (χ1) is 13.2. The summed E-state index contributed by atoms with van der Waals surface area (Å²) in [5.74, 6) is 0.0732. The van der Waals surface area contributed by atoms with Crippen molar-refractivity contribution in [1.82, 2.24) is 19.5 Å². The molecule has 3 atom stereocenters. The van der Waals surface area contributed by atoms with Crippen LogP contribution in [0.15, 0.2) is 11.1 Å². The number of fused-ring (bicyclic) bond motifs is 1. The first-order valence-electron chi connectivity index (χ1n) is 7.59. The van der Waals surface area contributed by atoms with E-state index in [1.807, 2.05) is 0 Å². The monoisotopic (exact) mass is 493 g/mol. The number of hydrogen-bond donors (Lipinski definition) is 6. The number of phosphoric acid groups is 2. The van der Waals surface area contributed by atoms with Gasteiger partial charge in [-0.05, 0) is 11.7 Å². The molecule has 29 heavy (non-hydrogen) atoms. The van der Waals surface area contributed by atoms with E-state index >= 15 is 0 Å². The van der Waals surface area contributed by atoms with Crippen LogP contribution in [0.1, 0.15) is 6.92 Å². The number of anilines is 1. The normalized spacial score (nSPS) is 17.7. The van der Waals surface area contributed by atoms with Crippen LogP contribution in [0.2, 0.25) is 0 Å². The van der Waals surface area contributed by atoms with E-state index in [2.05, 4.69) is 23.6 Å². The number of rotatable bonds is 10. The van der Waals surface area contributed by atoms with Crippen LogP contribution in [0.3, 0.4) is 0 Å². The first kappa shape index (κ1) is 24.2. The van der Waals surface area contributed by atoms with Crippen LogP contribution in [-0.4, -0.2) is 50.3 Å². The number of H-pyrrole nitrogens is 1. The summed E-state index contributed by atoms with van der Waals surface area (Å²) in [6.07, 6.45) is 1.40. The van der Waals surface area contributed by atoms with Gasteiger partial charge in [-0.2, -0.15) is 9.29 Å². The van der Waals surface area contributed by atoms with E-state index in [0.29, 0.717) is 6.54 Å². The number of imidazole rings is 1. The van der Waals surface area contributed by atoms with Gasteiger partial charge in [0.15, 0.2) is 11.2 Å². The third kappa shape index (κ3) is 7.61. The van der Waals surface area contributed by atoms with Gasteiger partial charge in [0.1, 0.15) is 0 Å². The molecule has 164 valence electrons. The highest BCUT2D eigenvalue weighted by Crippen LogP contribution is 2.66. The van der Waals surface area contributed by atoms with E-state index in [-0.39, 0.29) is 28.8 Å². The fourth-order valence-electron chi connectivity index (χ4n) is 2.20. The third-order valence-electron chi connectivity index (χ3n) is 3.10. The lowest BCUT2D eigenvalue weighted by Crippen LogP contribution is -2.14. The van der Waals surface area contributed by atoms with E-state index in [0.717, 1.165) is 11.8 Å². The number of nitrogens with two attached hydrogens (primary N) is 1. The molecule has 15 nitrogen and oxygen atoms in total. The van der Waals surface area contributed by atoms with Gasteiger partial charge >= 0.3 is 23.2 Å². The van der Waals surface area contributed by atoms with Gasteiger partial charge in [-0.3, -0.25) is 14.3 Å². The molecule has 0 aliphatic rings. The summed E-state index contributed by atoms with van der Waals surface area (Å²) < 4.78 is 42.8. The molecular weight excluding hydrogens is 475 g/mol. The summed E-state index contributed by atoms with van der Waals surface area (Å²) in [6.45, 7) is 2.11. The van der Waals surface area contributed by atoms with Crippen molar-refractivity contribution >= 4 is 52.1 Å². The standard InChI is InChI=1S/C10H18N5O10P3S/c1-6(2-15-4-12-7-8(15)13-10(11)14-9(7)16)3-29-5-26(17,18)24-28(22,23)25-27(19,20)21/h4,6H,2-3,5H2,1H3,(H,17,18)(H,22,23)(H2,19,20,21)(H3,11,13,14,16)/t6-/m1/s1. The Kier molecular flexibility index (Phi) is 7.50. The van der Waals surface area contributed by atoms with E-state index < -0.39 is 34.3 Å². The van der Waals surface area contributed by atoms with Gasteiger partial charge in [0.05, 0.1) is 11.8 Å². The number of nitrogen functional groups attached to an aromatic ring is 1. The molecule has 2 rings (SSSR count). The van der Waals surface area contributed by atoms with Crippen LogP contribution in [0, 0.1) is 5.92 Å². The lowest BCUT2D eigenvalue weighted by Gasteiger charge is -2.17. The molecule has 7 N–H and O–H groups in total. The third-order valence-corrected chi connectivity index (χ3v) is 9.46. The molecule has 0 aliphatic heterocycles. The van der Waals surface area contributed by atoms with Gasteiger partial charge in [0.25, 0.3) is 5.56 Å². The highest BCUT2D eigenvalue weighted by molar-refractivity contribution is 8.04. The average molecular weight is 493 g/mol. The zero-order valence-electron chi connectivity index (χ0n) is 14.7. The number of nitrogens with zero attached hydrogens (tertiary/aromatic N) is 3. The molecule has 0 saturated carbocycles. The summed E-state index contributed by atoms with van der Waals surface area (Å²) >= 11 is 0.894. The molecule has 0 spiro atoms. The van der Waals surface area contributed by atoms with E-state index in [9.17, 15) is 23.4 Å². The molecule has 0 amide bonds. The summed E-state index contributed by atoms with van der Waals surface area (Å²) in [6, 6.07) is 0. The molecule has 0 radical (unpaired) electrons. The molecular formula is C10H18N5O10P3S. The van der Waals surface area contributed by atoms with Gasteiger partial charge in [-0.15, -0.1) is 11.8 Å². The van der Waals surface area contributed by atoms with Crippen molar-refractivity contribution in [2.45, 2.75) is 13.5 Å². The minimum atomic E-state index is -5.44. The van der Waals surface area contributed by atoms with Crippen LogP contribution in [0.4, 0.5) is 5.95 Å². The van der Waals surface area contributed by atoms with Gasteiger partial charge in [-0.25, -0.2) is 18.4 Å². The predicted molar refractivity (Wildman–Crippen MR) is 103 cm³/mol. The smallest absolute Gasteiger partial charge is 0.369 e. The molecule has 2 heterocycles. The SMILES string of the molecule is C[C@@H](CSCP(=O)(O)OP(=O)(O)OP(=O)(O)O)Cn1cnc2c(=O)[nH]c(N)nc21. The van der Waals surface area contributed by atoms with Crippen LogP contribution >= 0.6 is 35.0 Å². The van der Waals surface area contributed by atoms with E-state index in [1.165, 1.54) is 6.33 Å². The van der Waals surface area contributed by atoms with Crippen molar-refractivity contribution in [3.63, 3.8) is 0 Å². The number of nitrogens with one attached hydrogen (secondary N) is 1. The Bertz CT molecular complexity index is 1080. The second-order valence-corrected chi connectivity index (χ2v) is 12.2. The predicted octanol–water partition coefficient (Wildman–Crippen LogP) is 0.440. The van der Waals surface area contributed by atoms with Crippen molar-refractivity contribution in [2.75, 3.05) is 17.0 Å². The Morgan fingerprint density at radius 1 is 1.28 bits per heavy atom. The molecule has 2 aromatic rings. The Morgan fingerprint density at radius 3 is 2.55 bits per heavy atom. The number of aromatic amines is 1. The molecule has 2 aromatic heterocycles. The maximum absolute atomic E-state index is 11.8. The molecule has 0 aliphatic carbocycles. The largest absolute Gasteiger partial charge is 0.488 e. The van der Waals surface area contributed by atoms with Crippen molar-refractivity contribution in [2.24, 2.45) is 5.92 Å². The topological polar surface area (TPSA) is 240 Å². The lowest BCUT2D eigenvalue weighted by molar-refractivity contribution is 0.223. The fourth-order valence-corrected chi connectivity index (χ4v) is 7.41. The van der Waals surface area contributed by atoms with Crippen LogP contribution < -0.4 is 11.3 Å². The number of thioether (sulfide) groups is 1. The maximum atomic E-state index is 11.8. The molecule has 0 aromatic carbocycles.